The number of carbonyl (C=O) groups excluding carboxylic acids is 1. The van der Waals surface area contributed by atoms with Gasteiger partial charge in [0.1, 0.15) is 5.75 Å². The van der Waals surface area contributed by atoms with Gasteiger partial charge in [-0.1, -0.05) is 24.3 Å². The number of anilines is 1. The van der Waals surface area contributed by atoms with E-state index in [1.54, 1.807) is 43.5 Å². The number of nitrogens with one attached hydrogen (secondary N) is 1. The van der Waals surface area contributed by atoms with Crippen LogP contribution in [0.1, 0.15) is 21.5 Å². The first kappa shape index (κ1) is 20.1. The third-order valence-corrected chi connectivity index (χ3v) is 7.03. The molecule has 6 nitrogen and oxygen atoms in total. The zero-order valence-electron chi connectivity index (χ0n) is 16.5. The number of amides is 1. The van der Waals surface area contributed by atoms with Crippen molar-refractivity contribution in [1.82, 2.24) is 4.31 Å². The fourth-order valence-electron chi connectivity index (χ4n) is 3.50. The fraction of sp³-hybridized carbons (Fsp3) is 0.174. The highest BCUT2D eigenvalue weighted by Gasteiger charge is 2.28. The summed E-state index contributed by atoms with van der Waals surface area (Å²) < 4.78 is 32.7. The molecule has 1 aliphatic rings. The molecule has 0 saturated carbocycles. The SMILES string of the molecule is COc1ccc(S(=O)(=O)N2CCc3ccc(NC(=O)c4ccccc4)cc3C2)cc1. The normalized spacial score (nSPS) is 14.0. The number of fused-ring (bicyclic) bond motifs is 1. The predicted molar refractivity (Wildman–Crippen MR) is 115 cm³/mol. The molecule has 1 aliphatic heterocycles. The van der Waals surface area contributed by atoms with E-state index in [2.05, 4.69) is 5.32 Å². The van der Waals surface area contributed by atoms with Crippen molar-refractivity contribution in [3.8, 4) is 5.75 Å². The van der Waals surface area contributed by atoms with Gasteiger partial charge in [0.05, 0.1) is 12.0 Å². The molecule has 4 rings (SSSR count). The van der Waals surface area contributed by atoms with Gasteiger partial charge in [-0.3, -0.25) is 4.79 Å². The summed E-state index contributed by atoms with van der Waals surface area (Å²) in [5.74, 6) is 0.408. The Labute approximate surface area is 176 Å². The zero-order valence-corrected chi connectivity index (χ0v) is 17.4. The van der Waals surface area contributed by atoms with Crippen LogP contribution in [0.4, 0.5) is 5.69 Å². The summed E-state index contributed by atoms with van der Waals surface area (Å²) in [4.78, 5) is 12.7. The van der Waals surface area contributed by atoms with Crippen LogP contribution in [0.15, 0.2) is 77.7 Å². The molecule has 0 radical (unpaired) electrons. The van der Waals surface area contributed by atoms with Gasteiger partial charge in [0, 0.05) is 24.3 Å². The second kappa shape index (κ2) is 8.30. The Morgan fingerprint density at radius 3 is 2.40 bits per heavy atom. The lowest BCUT2D eigenvalue weighted by Crippen LogP contribution is -2.36. The first-order valence-electron chi connectivity index (χ1n) is 9.60. The zero-order chi connectivity index (χ0) is 21.1. The van der Waals surface area contributed by atoms with Crippen LogP contribution >= 0.6 is 0 Å². The third-order valence-electron chi connectivity index (χ3n) is 5.17. The number of hydrogen-bond acceptors (Lipinski definition) is 4. The number of carbonyl (C=O) groups is 1. The molecule has 0 fully saturated rings. The molecule has 1 heterocycles. The lowest BCUT2D eigenvalue weighted by molar-refractivity contribution is 0.102. The van der Waals surface area contributed by atoms with Gasteiger partial charge in [0.15, 0.2) is 0 Å². The Morgan fingerprint density at radius 1 is 0.967 bits per heavy atom. The van der Waals surface area contributed by atoms with Gasteiger partial charge in [-0.2, -0.15) is 4.31 Å². The minimum atomic E-state index is -3.62. The smallest absolute Gasteiger partial charge is 0.255 e. The van der Waals surface area contributed by atoms with Gasteiger partial charge in [0.25, 0.3) is 5.91 Å². The lowest BCUT2D eigenvalue weighted by Gasteiger charge is -2.28. The molecule has 7 heteroatoms. The Kier molecular flexibility index (Phi) is 5.57. The van der Waals surface area contributed by atoms with E-state index in [1.165, 1.54) is 4.31 Å². The number of methoxy groups -OCH3 is 1. The van der Waals surface area contributed by atoms with Crippen molar-refractivity contribution in [2.45, 2.75) is 17.9 Å². The maximum atomic E-state index is 13.1. The maximum absolute atomic E-state index is 13.1. The topological polar surface area (TPSA) is 75.7 Å². The van der Waals surface area contributed by atoms with Crippen LogP contribution in [-0.2, 0) is 23.0 Å². The van der Waals surface area contributed by atoms with Gasteiger partial charge in [-0.15, -0.1) is 0 Å². The first-order chi connectivity index (χ1) is 14.5. The van der Waals surface area contributed by atoms with Crippen LogP contribution < -0.4 is 10.1 Å². The van der Waals surface area contributed by atoms with Gasteiger partial charge < -0.3 is 10.1 Å². The van der Waals surface area contributed by atoms with Gasteiger partial charge >= 0.3 is 0 Å². The molecule has 0 bridgehead atoms. The number of rotatable bonds is 5. The molecule has 0 aliphatic carbocycles. The van der Waals surface area contributed by atoms with E-state index in [1.807, 2.05) is 36.4 Å². The average molecular weight is 423 g/mol. The molecule has 3 aromatic carbocycles. The minimum absolute atomic E-state index is 0.200. The molecule has 0 unspecified atom stereocenters. The molecule has 0 spiro atoms. The van der Waals surface area contributed by atoms with Crippen LogP contribution in [0.2, 0.25) is 0 Å². The Morgan fingerprint density at radius 2 is 1.70 bits per heavy atom. The van der Waals surface area contributed by atoms with Crippen LogP contribution in [0.3, 0.4) is 0 Å². The average Bonchev–Trinajstić information content (AvgIpc) is 2.79. The summed E-state index contributed by atoms with van der Waals surface area (Å²) in [6.07, 6.45) is 0.623. The molecule has 1 N–H and O–H groups in total. The lowest BCUT2D eigenvalue weighted by atomic mass is 10.0. The molecule has 3 aromatic rings. The number of nitrogens with zero attached hydrogens (tertiary/aromatic N) is 1. The molecular formula is C23H22N2O4S. The van der Waals surface area contributed by atoms with E-state index in [0.717, 1.165) is 11.1 Å². The van der Waals surface area contributed by atoms with Crippen LogP contribution in [0.25, 0.3) is 0 Å². The van der Waals surface area contributed by atoms with E-state index in [9.17, 15) is 13.2 Å². The second-order valence-electron chi connectivity index (χ2n) is 7.07. The number of benzene rings is 3. The van der Waals surface area contributed by atoms with Gasteiger partial charge in [0.2, 0.25) is 10.0 Å². The minimum Gasteiger partial charge on any atom is -0.497 e. The largest absolute Gasteiger partial charge is 0.497 e. The quantitative estimate of drug-likeness (QED) is 0.680. The molecule has 0 saturated heterocycles. The predicted octanol–water partition coefficient (Wildman–Crippen LogP) is 3.69. The van der Waals surface area contributed by atoms with Crippen LogP contribution in [0, 0.1) is 0 Å². The van der Waals surface area contributed by atoms with Crippen molar-refractivity contribution in [2.24, 2.45) is 0 Å². The standard InChI is InChI=1S/C23H22N2O4S/c1-29-21-9-11-22(12-10-21)30(27,28)25-14-13-17-7-8-20(15-19(17)16-25)24-23(26)18-5-3-2-4-6-18/h2-12,15H,13-14,16H2,1H3,(H,24,26). The molecule has 154 valence electrons. The highest BCUT2D eigenvalue weighted by Crippen LogP contribution is 2.28. The van der Waals surface area contributed by atoms with E-state index in [-0.39, 0.29) is 17.3 Å². The van der Waals surface area contributed by atoms with Crippen molar-refractivity contribution in [2.75, 3.05) is 19.0 Å². The fourth-order valence-corrected chi connectivity index (χ4v) is 4.92. The molecule has 30 heavy (non-hydrogen) atoms. The Hall–Kier alpha value is -3.16. The van der Waals surface area contributed by atoms with Crippen molar-refractivity contribution in [3.63, 3.8) is 0 Å². The van der Waals surface area contributed by atoms with Crippen molar-refractivity contribution >= 4 is 21.6 Å². The Bertz CT molecular complexity index is 1160. The highest BCUT2D eigenvalue weighted by atomic mass is 32.2. The van der Waals surface area contributed by atoms with E-state index in [0.29, 0.717) is 30.0 Å². The summed E-state index contributed by atoms with van der Waals surface area (Å²) in [6, 6.07) is 21.0. The summed E-state index contributed by atoms with van der Waals surface area (Å²) >= 11 is 0. The van der Waals surface area contributed by atoms with Crippen molar-refractivity contribution in [3.05, 3.63) is 89.5 Å². The molecular weight excluding hydrogens is 400 g/mol. The number of sulfonamides is 1. The van der Waals surface area contributed by atoms with Gasteiger partial charge in [-0.05, 0) is 66.1 Å². The van der Waals surface area contributed by atoms with E-state index in [4.69, 9.17) is 4.74 Å². The van der Waals surface area contributed by atoms with E-state index >= 15 is 0 Å². The van der Waals surface area contributed by atoms with Crippen LogP contribution in [-0.4, -0.2) is 32.3 Å². The summed E-state index contributed by atoms with van der Waals surface area (Å²) in [7, 11) is -2.08. The van der Waals surface area contributed by atoms with Gasteiger partial charge in [-0.25, -0.2) is 8.42 Å². The second-order valence-corrected chi connectivity index (χ2v) is 9.01. The number of hydrogen-bond donors (Lipinski definition) is 1. The highest BCUT2D eigenvalue weighted by molar-refractivity contribution is 7.89. The number of ether oxygens (including phenoxy) is 1. The summed E-state index contributed by atoms with van der Waals surface area (Å²) in [5.41, 5.74) is 3.20. The first-order valence-corrected chi connectivity index (χ1v) is 11.0. The Balaban J connectivity index is 1.54. The van der Waals surface area contributed by atoms with Crippen molar-refractivity contribution < 1.29 is 17.9 Å². The monoisotopic (exact) mass is 422 g/mol. The maximum Gasteiger partial charge on any atom is 0.255 e. The van der Waals surface area contributed by atoms with Crippen LogP contribution in [0.5, 0.6) is 5.75 Å². The summed E-state index contributed by atoms with van der Waals surface area (Å²) in [6.45, 7) is 0.676. The molecule has 1 amide bonds. The molecule has 0 aromatic heterocycles. The van der Waals surface area contributed by atoms with E-state index < -0.39 is 10.0 Å². The third kappa shape index (κ3) is 4.08. The van der Waals surface area contributed by atoms with Crippen molar-refractivity contribution in [1.29, 1.82) is 0 Å². The summed E-state index contributed by atoms with van der Waals surface area (Å²) in [5, 5.41) is 2.89. The molecule has 0 atom stereocenters.